The lowest BCUT2D eigenvalue weighted by Gasteiger charge is -2.24. The second-order valence-electron chi connectivity index (χ2n) is 4.43. The summed E-state index contributed by atoms with van der Waals surface area (Å²) >= 11 is 1.88. The van der Waals surface area contributed by atoms with Crippen LogP contribution in [-0.2, 0) is 11.3 Å². The van der Waals surface area contributed by atoms with Gasteiger partial charge in [-0.15, -0.1) is 11.8 Å². The van der Waals surface area contributed by atoms with E-state index in [1.807, 2.05) is 11.8 Å². The lowest BCUT2D eigenvalue weighted by Crippen LogP contribution is -2.47. The van der Waals surface area contributed by atoms with Gasteiger partial charge in [0.1, 0.15) is 0 Å². The summed E-state index contributed by atoms with van der Waals surface area (Å²) < 4.78 is 5.42. The first-order chi connectivity index (χ1) is 8.88. The van der Waals surface area contributed by atoms with Gasteiger partial charge in [0.05, 0.1) is 13.2 Å². The van der Waals surface area contributed by atoms with Crippen molar-refractivity contribution >= 4 is 11.8 Å². The summed E-state index contributed by atoms with van der Waals surface area (Å²) in [6.45, 7) is 6.70. The van der Waals surface area contributed by atoms with Gasteiger partial charge >= 0.3 is 0 Å². The number of nitrogens with one attached hydrogen (secondary N) is 2. The Morgan fingerprint density at radius 3 is 2.89 bits per heavy atom. The maximum atomic E-state index is 5.42. The molecular formula is C14H22N2OS. The molecule has 18 heavy (non-hydrogen) atoms. The highest BCUT2D eigenvalue weighted by molar-refractivity contribution is 7.99. The highest BCUT2D eigenvalue weighted by Crippen LogP contribution is 2.17. The van der Waals surface area contributed by atoms with E-state index in [1.165, 1.54) is 10.5 Å². The molecule has 1 unspecified atom stereocenters. The molecule has 1 aromatic rings. The van der Waals surface area contributed by atoms with Crippen LogP contribution < -0.4 is 10.6 Å². The molecule has 1 aromatic carbocycles. The Bertz CT molecular complexity index is 336. The molecule has 1 aliphatic rings. The Morgan fingerprint density at radius 2 is 2.22 bits per heavy atom. The number of rotatable bonds is 6. The molecule has 0 amide bonds. The number of ether oxygens (including phenoxy) is 1. The largest absolute Gasteiger partial charge is 0.378 e. The lowest BCUT2D eigenvalue weighted by atomic mass is 10.2. The fourth-order valence-corrected chi connectivity index (χ4v) is 2.67. The highest BCUT2D eigenvalue weighted by Gasteiger charge is 2.11. The average molecular weight is 266 g/mol. The van der Waals surface area contributed by atoms with E-state index in [2.05, 4.69) is 41.8 Å². The molecule has 0 aromatic heterocycles. The van der Waals surface area contributed by atoms with Crippen molar-refractivity contribution in [1.82, 2.24) is 10.6 Å². The van der Waals surface area contributed by atoms with Gasteiger partial charge in [-0.1, -0.05) is 19.1 Å². The van der Waals surface area contributed by atoms with Gasteiger partial charge in [-0.3, -0.25) is 0 Å². The average Bonchev–Trinajstić information content (AvgIpc) is 2.42. The molecule has 4 heteroatoms. The molecule has 0 bridgehead atoms. The van der Waals surface area contributed by atoms with Crippen molar-refractivity contribution in [3.05, 3.63) is 29.8 Å². The van der Waals surface area contributed by atoms with Gasteiger partial charge in [-0.25, -0.2) is 0 Å². The van der Waals surface area contributed by atoms with Gasteiger partial charge in [0.15, 0.2) is 0 Å². The van der Waals surface area contributed by atoms with Crippen LogP contribution in [0.5, 0.6) is 0 Å². The summed E-state index contributed by atoms with van der Waals surface area (Å²) in [7, 11) is 0. The number of morpholine rings is 1. The molecule has 0 aliphatic carbocycles. The summed E-state index contributed by atoms with van der Waals surface area (Å²) in [6, 6.07) is 9.26. The van der Waals surface area contributed by atoms with Gasteiger partial charge in [0.2, 0.25) is 0 Å². The monoisotopic (exact) mass is 266 g/mol. The summed E-state index contributed by atoms with van der Waals surface area (Å²) in [6.07, 6.45) is 0. The second kappa shape index (κ2) is 7.79. The maximum absolute atomic E-state index is 5.42. The van der Waals surface area contributed by atoms with Crippen LogP contribution in [0.15, 0.2) is 29.2 Å². The first kappa shape index (κ1) is 13.9. The van der Waals surface area contributed by atoms with Gasteiger partial charge in [0.25, 0.3) is 0 Å². The van der Waals surface area contributed by atoms with E-state index in [-0.39, 0.29) is 0 Å². The van der Waals surface area contributed by atoms with E-state index in [0.717, 1.165) is 38.6 Å². The van der Waals surface area contributed by atoms with Crippen LogP contribution in [-0.4, -0.2) is 38.1 Å². The van der Waals surface area contributed by atoms with Crippen LogP contribution in [0.2, 0.25) is 0 Å². The van der Waals surface area contributed by atoms with Crippen molar-refractivity contribution in [2.45, 2.75) is 24.4 Å². The van der Waals surface area contributed by atoms with Crippen LogP contribution >= 0.6 is 11.8 Å². The van der Waals surface area contributed by atoms with Gasteiger partial charge in [-0.05, 0) is 23.4 Å². The molecule has 0 radical (unpaired) electrons. The van der Waals surface area contributed by atoms with Crippen molar-refractivity contribution in [2.24, 2.45) is 0 Å². The van der Waals surface area contributed by atoms with E-state index >= 15 is 0 Å². The van der Waals surface area contributed by atoms with Gasteiger partial charge < -0.3 is 15.4 Å². The number of benzene rings is 1. The summed E-state index contributed by atoms with van der Waals surface area (Å²) in [4.78, 5) is 1.35. The molecule has 1 atom stereocenters. The number of thioether (sulfide) groups is 1. The molecule has 100 valence electrons. The molecule has 0 saturated carbocycles. The third kappa shape index (κ3) is 4.61. The number of hydrogen-bond acceptors (Lipinski definition) is 4. The molecule has 1 saturated heterocycles. The lowest BCUT2D eigenvalue weighted by molar-refractivity contribution is 0.0766. The van der Waals surface area contributed by atoms with Crippen LogP contribution in [0.25, 0.3) is 0 Å². The first-order valence-corrected chi connectivity index (χ1v) is 7.60. The predicted molar refractivity (Wildman–Crippen MR) is 77.2 cm³/mol. The zero-order chi connectivity index (χ0) is 12.6. The Kier molecular flexibility index (Phi) is 6.00. The van der Waals surface area contributed by atoms with Gasteiger partial charge in [0, 0.05) is 30.6 Å². The topological polar surface area (TPSA) is 33.3 Å². The third-order valence-corrected chi connectivity index (χ3v) is 3.85. The smallest absolute Gasteiger partial charge is 0.0632 e. The van der Waals surface area contributed by atoms with E-state index in [4.69, 9.17) is 4.74 Å². The van der Waals surface area contributed by atoms with Gasteiger partial charge in [-0.2, -0.15) is 0 Å². The quantitative estimate of drug-likeness (QED) is 0.770. The first-order valence-electron chi connectivity index (χ1n) is 6.62. The molecule has 2 N–H and O–H groups in total. The second-order valence-corrected chi connectivity index (χ2v) is 5.77. The summed E-state index contributed by atoms with van der Waals surface area (Å²) in [5.74, 6) is 1.13. The number of hydrogen-bond donors (Lipinski definition) is 2. The summed E-state index contributed by atoms with van der Waals surface area (Å²) in [5.41, 5.74) is 1.34. The molecule has 1 aliphatic heterocycles. The molecule has 3 nitrogen and oxygen atoms in total. The van der Waals surface area contributed by atoms with Crippen molar-refractivity contribution < 1.29 is 4.74 Å². The maximum Gasteiger partial charge on any atom is 0.0632 e. The fraction of sp³-hybridized carbons (Fsp3) is 0.571. The van der Waals surface area contributed by atoms with E-state index in [1.54, 1.807) is 0 Å². The third-order valence-electron chi connectivity index (χ3n) is 2.95. The van der Waals surface area contributed by atoms with Crippen molar-refractivity contribution in [1.29, 1.82) is 0 Å². The van der Waals surface area contributed by atoms with E-state index < -0.39 is 0 Å². The Hall–Kier alpha value is -0.550. The van der Waals surface area contributed by atoms with Crippen LogP contribution in [0.3, 0.4) is 0 Å². The minimum Gasteiger partial charge on any atom is -0.378 e. The normalized spacial score (nSPS) is 19.9. The molecule has 1 heterocycles. The zero-order valence-corrected chi connectivity index (χ0v) is 11.8. The highest BCUT2D eigenvalue weighted by atomic mass is 32.2. The Morgan fingerprint density at radius 1 is 1.39 bits per heavy atom. The minimum absolute atomic E-state index is 0.452. The van der Waals surface area contributed by atoms with Crippen LogP contribution in [0.1, 0.15) is 12.5 Å². The van der Waals surface area contributed by atoms with E-state index in [9.17, 15) is 0 Å². The zero-order valence-electron chi connectivity index (χ0n) is 10.9. The Labute approximate surface area is 114 Å². The summed E-state index contributed by atoms with van der Waals surface area (Å²) in [5, 5.41) is 6.91. The SMILES string of the molecule is CCSc1ccc(CNCC2COCCN2)cc1. The Balaban J connectivity index is 1.69. The molecular weight excluding hydrogens is 244 g/mol. The van der Waals surface area contributed by atoms with Crippen molar-refractivity contribution in [2.75, 3.05) is 32.1 Å². The standard InChI is InChI=1S/C14H22N2OS/c1-2-18-14-5-3-12(4-6-14)9-15-10-13-11-17-8-7-16-13/h3-6,13,15-16H,2,7-11H2,1H3. The minimum atomic E-state index is 0.452. The molecule has 2 rings (SSSR count). The molecule has 1 fully saturated rings. The van der Waals surface area contributed by atoms with Crippen molar-refractivity contribution in [3.63, 3.8) is 0 Å². The predicted octanol–water partition coefficient (Wildman–Crippen LogP) is 1.88. The van der Waals surface area contributed by atoms with Crippen LogP contribution in [0.4, 0.5) is 0 Å². The molecule has 0 spiro atoms. The van der Waals surface area contributed by atoms with Crippen molar-refractivity contribution in [3.8, 4) is 0 Å². The fourth-order valence-electron chi connectivity index (χ4n) is 2.01. The van der Waals surface area contributed by atoms with Crippen LogP contribution in [0, 0.1) is 0 Å². The van der Waals surface area contributed by atoms with E-state index in [0.29, 0.717) is 6.04 Å².